The Morgan fingerprint density at radius 1 is 1.11 bits per heavy atom. The molecule has 0 aromatic heterocycles. The number of thioether (sulfide) groups is 1. The van der Waals surface area contributed by atoms with Gasteiger partial charge in [-0.25, -0.2) is 0 Å². The van der Waals surface area contributed by atoms with E-state index in [2.05, 4.69) is 54.1 Å². The van der Waals surface area contributed by atoms with Gasteiger partial charge in [0.25, 0.3) is 0 Å². The standard InChI is InChI=1S/C16H21NS/c1-3-4-5-9-12-17-14(2)18-13-16(17)15-10-7-6-8-11-15/h6-8,10-11,13H,2-5,9,12H2,1H3. The van der Waals surface area contributed by atoms with Gasteiger partial charge in [-0.05, 0) is 12.0 Å². The zero-order valence-electron chi connectivity index (χ0n) is 11.1. The van der Waals surface area contributed by atoms with Crippen molar-refractivity contribution in [2.75, 3.05) is 6.54 Å². The Morgan fingerprint density at radius 2 is 1.89 bits per heavy atom. The second-order valence-electron chi connectivity index (χ2n) is 4.59. The molecule has 2 rings (SSSR count). The van der Waals surface area contributed by atoms with Gasteiger partial charge in [0.15, 0.2) is 0 Å². The molecule has 0 radical (unpaired) electrons. The Labute approximate surface area is 115 Å². The third-order valence-corrected chi connectivity index (χ3v) is 4.04. The second kappa shape index (κ2) is 6.69. The molecule has 0 N–H and O–H groups in total. The molecule has 1 heterocycles. The molecule has 2 heteroatoms. The molecule has 1 aliphatic heterocycles. The number of hydrogen-bond acceptors (Lipinski definition) is 2. The average molecular weight is 259 g/mol. The molecule has 0 atom stereocenters. The van der Waals surface area contributed by atoms with E-state index in [0.29, 0.717) is 0 Å². The van der Waals surface area contributed by atoms with Crippen LogP contribution in [0.3, 0.4) is 0 Å². The summed E-state index contributed by atoms with van der Waals surface area (Å²) in [6.45, 7) is 7.49. The minimum absolute atomic E-state index is 1.09. The van der Waals surface area contributed by atoms with Gasteiger partial charge in [0.05, 0.1) is 10.7 Å². The van der Waals surface area contributed by atoms with Gasteiger partial charge in [0.1, 0.15) is 0 Å². The van der Waals surface area contributed by atoms with Crippen molar-refractivity contribution < 1.29 is 0 Å². The highest BCUT2D eigenvalue weighted by molar-refractivity contribution is 8.06. The highest BCUT2D eigenvalue weighted by Gasteiger charge is 2.20. The third-order valence-electron chi connectivity index (χ3n) is 3.20. The molecule has 1 aliphatic rings. The maximum Gasteiger partial charge on any atom is 0.0722 e. The molecule has 0 saturated heterocycles. The predicted octanol–water partition coefficient (Wildman–Crippen LogP) is 5.09. The van der Waals surface area contributed by atoms with Crippen molar-refractivity contribution in [3.05, 3.63) is 52.9 Å². The van der Waals surface area contributed by atoms with Crippen molar-refractivity contribution in [3.63, 3.8) is 0 Å². The summed E-state index contributed by atoms with van der Waals surface area (Å²) < 4.78 is 0. The number of unbranched alkanes of at least 4 members (excludes halogenated alkanes) is 3. The Morgan fingerprint density at radius 3 is 2.61 bits per heavy atom. The number of benzene rings is 1. The lowest BCUT2D eigenvalue weighted by Crippen LogP contribution is -2.17. The van der Waals surface area contributed by atoms with Crippen molar-refractivity contribution in [2.24, 2.45) is 0 Å². The van der Waals surface area contributed by atoms with Crippen LogP contribution in [0.4, 0.5) is 0 Å². The van der Waals surface area contributed by atoms with Crippen LogP contribution in [0.5, 0.6) is 0 Å². The van der Waals surface area contributed by atoms with E-state index in [9.17, 15) is 0 Å². The molecule has 1 nitrogen and oxygen atoms in total. The van der Waals surface area contributed by atoms with Gasteiger partial charge in [-0.1, -0.05) is 74.9 Å². The lowest BCUT2D eigenvalue weighted by Gasteiger charge is -2.23. The van der Waals surface area contributed by atoms with Gasteiger partial charge < -0.3 is 4.90 Å². The van der Waals surface area contributed by atoms with Crippen molar-refractivity contribution in [1.82, 2.24) is 4.90 Å². The molecule has 18 heavy (non-hydrogen) atoms. The van der Waals surface area contributed by atoms with Crippen LogP contribution < -0.4 is 0 Å². The van der Waals surface area contributed by atoms with Crippen molar-refractivity contribution >= 4 is 17.5 Å². The fourth-order valence-corrected chi connectivity index (χ4v) is 2.99. The fraction of sp³-hybridized carbons (Fsp3) is 0.375. The van der Waals surface area contributed by atoms with E-state index in [-0.39, 0.29) is 0 Å². The summed E-state index contributed by atoms with van der Waals surface area (Å²) in [5.41, 5.74) is 2.60. The van der Waals surface area contributed by atoms with Gasteiger partial charge in [-0.2, -0.15) is 0 Å². The van der Waals surface area contributed by atoms with Gasteiger partial charge in [-0.3, -0.25) is 0 Å². The maximum absolute atomic E-state index is 4.15. The smallest absolute Gasteiger partial charge is 0.0722 e. The average Bonchev–Trinajstić information content (AvgIpc) is 2.77. The summed E-state index contributed by atoms with van der Waals surface area (Å²) in [4.78, 5) is 2.36. The molecule has 0 amide bonds. The van der Waals surface area contributed by atoms with Gasteiger partial charge in [-0.15, -0.1) is 0 Å². The van der Waals surface area contributed by atoms with E-state index in [0.717, 1.165) is 11.6 Å². The van der Waals surface area contributed by atoms with Crippen LogP contribution in [0.25, 0.3) is 5.70 Å². The first-order valence-electron chi connectivity index (χ1n) is 6.71. The largest absolute Gasteiger partial charge is 0.336 e. The van der Waals surface area contributed by atoms with Crippen LogP contribution in [0.15, 0.2) is 47.3 Å². The zero-order chi connectivity index (χ0) is 12.8. The Balaban J connectivity index is 1.99. The van der Waals surface area contributed by atoms with Gasteiger partial charge >= 0.3 is 0 Å². The Kier molecular flexibility index (Phi) is 4.94. The molecular weight excluding hydrogens is 238 g/mol. The first kappa shape index (κ1) is 13.3. The lowest BCUT2D eigenvalue weighted by molar-refractivity contribution is 0.486. The maximum atomic E-state index is 4.15. The highest BCUT2D eigenvalue weighted by atomic mass is 32.2. The van der Waals surface area contributed by atoms with E-state index in [1.165, 1.54) is 36.9 Å². The summed E-state index contributed by atoms with van der Waals surface area (Å²) in [5, 5.41) is 3.38. The van der Waals surface area contributed by atoms with Crippen molar-refractivity contribution in [3.8, 4) is 0 Å². The number of rotatable bonds is 6. The van der Waals surface area contributed by atoms with Crippen LogP contribution in [0.2, 0.25) is 0 Å². The lowest BCUT2D eigenvalue weighted by atomic mass is 10.1. The molecule has 0 aliphatic carbocycles. The molecule has 0 spiro atoms. The molecule has 0 bridgehead atoms. The van der Waals surface area contributed by atoms with Crippen molar-refractivity contribution in [1.29, 1.82) is 0 Å². The first-order chi connectivity index (χ1) is 8.83. The third kappa shape index (κ3) is 3.20. The molecule has 0 unspecified atom stereocenters. The van der Waals surface area contributed by atoms with E-state index < -0.39 is 0 Å². The van der Waals surface area contributed by atoms with Gasteiger partial charge in [0.2, 0.25) is 0 Å². The molecule has 96 valence electrons. The minimum Gasteiger partial charge on any atom is -0.336 e. The molecule has 0 saturated carbocycles. The molecule has 1 aromatic carbocycles. The summed E-state index contributed by atoms with van der Waals surface area (Å²) in [6, 6.07) is 10.6. The monoisotopic (exact) mass is 259 g/mol. The van der Waals surface area contributed by atoms with E-state index in [1.807, 2.05) is 0 Å². The summed E-state index contributed by atoms with van der Waals surface area (Å²) in [5.74, 6) is 0. The normalized spacial score (nSPS) is 15.1. The number of hydrogen-bond donors (Lipinski definition) is 0. The van der Waals surface area contributed by atoms with Crippen LogP contribution >= 0.6 is 11.8 Å². The van der Waals surface area contributed by atoms with Crippen LogP contribution in [0, 0.1) is 0 Å². The van der Waals surface area contributed by atoms with E-state index in [4.69, 9.17) is 0 Å². The first-order valence-corrected chi connectivity index (χ1v) is 7.59. The summed E-state index contributed by atoms with van der Waals surface area (Å²) >= 11 is 1.74. The SMILES string of the molecule is C=C1SC=C(c2ccccc2)N1CCCCCC. The summed E-state index contributed by atoms with van der Waals surface area (Å²) in [7, 11) is 0. The van der Waals surface area contributed by atoms with Crippen LogP contribution in [-0.2, 0) is 0 Å². The van der Waals surface area contributed by atoms with E-state index >= 15 is 0 Å². The molecule has 0 fully saturated rings. The topological polar surface area (TPSA) is 3.24 Å². The van der Waals surface area contributed by atoms with Crippen molar-refractivity contribution in [2.45, 2.75) is 32.6 Å². The fourth-order valence-electron chi connectivity index (χ4n) is 2.16. The number of nitrogens with zero attached hydrogens (tertiary/aromatic N) is 1. The Bertz CT molecular complexity index is 422. The quantitative estimate of drug-likeness (QED) is 0.655. The summed E-state index contributed by atoms with van der Waals surface area (Å²) in [6.07, 6.45) is 5.18. The Hall–Kier alpha value is -1.15. The van der Waals surface area contributed by atoms with Crippen LogP contribution in [-0.4, -0.2) is 11.4 Å². The zero-order valence-corrected chi connectivity index (χ0v) is 11.9. The molecular formula is C16H21NS. The molecule has 1 aromatic rings. The minimum atomic E-state index is 1.09. The van der Waals surface area contributed by atoms with Gasteiger partial charge in [0, 0.05) is 12.0 Å². The second-order valence-corrected chi connectivity index (χ2v) is 5.54. The predicted molar refractivity (Wildman–Crippen MR) is 82.0 cm³/mol. The highest BCUT2D eigenvalue weighted by Crippen LogP contribution is 2.38. The van der Waals surface area contributed by atoms with Crippen LogP contribution in [0.1, 0.15) is 38.2 Å². The van der Waals surface area contributed by atoms with E-state index in [1.54, 1.807) is 11.8 Å².